The van der Waals surface area contributed by atoms with Crippen LogP contribution in [0, 0.1) is 21.4 Å². The maximum atomic E-state index is 11.5. The second-order valence-electron chi connectivity index (χ2n) is 5.20. The van der Waals surface area contributed by atoms with Gasteiger partial charge in [0.2, 0.25) is 0 Å². The summed E-state index contributed by atoms with van der Waals surface area (Å²) in [5.41, 5.74) is -0.651. The SMILES string of the molecule is CC(Cc1cc(Cl)ccc1[N+](=O)[O-])(C(=O)O)C1CC1. The Kier molecular flexibility index (Phi) is 3.49. The van der Waals surface area contributed by atoms with Gasteiger partial charge in [-0.15, -0.1) is 0 Å². The van der Waals surface area contributed by atoms with Crippen molar-refractivity contribution in [1.29, 1.82) is 0 Å². The molecule has 1 unspecified atom stereocenters. The van der Waals surface area contributed by atoms with E-state index in [1.54, 1.807) is 6.92 Å². The molecule has 0 aromatic heterocycles. The van der Waals surface area contributed by atoms with E-state index in [1.807, 2.05) is 0 Å². The second-order valence-corrected chi connectivity index (χ2v) is 5.64. The lowest BCUT2D eigenvalue weighted by atomic mass is 9.78. The average Bonchev–Trinajstić information content (AvgIpc) is 3.12. The number of halogens is 1. The van der Waals surface area contributed by atoms with Crippen LogP contribution in [0.1, 0.15) is 25.3 Å². The van der Waals surface area contributed by atoms with E-state index in [1.165, 1.54) is 18.2 Å². The third kappa shape index (κ3) is 2.71. The van der Waals surface area contributed by atoms with Crippen LogP contribution in [-0.4, -0.2) is 16.0 Å². The largest absolute Gasteiger partial charge is 0.481 e. The number of nitro benzene ring substituents is 1. The Morgan fingerprint density at radius 2 is 2.21 bits per heavy atom. The number of rotatable bonds is 5. The van der Waals surface area contributed by atoms with Gasteiger partial charge >= 0.3 is 5.97 Å². The summed E-state index contributed by atoms with van der Waals surface area (Å²) in [5, 5.41) is 20.8. The standard InChI is InChI=1S/C13H14ClNO4/c1-13(12(16)17,9-2-3-9)7-8-6-10(14)4-5-11(8)15(18)19/h4-6,9H,2-3,7H2,1H3,(H,16,17). The van der Waals surface area contributed by atoms with Crippen LogP contribution in [-0.2, 0) is 11.2 Å². The van der Waals surface area contributed by atoms with Crippen molar-refractivity contribution in [3.63, 3.8) is 0 Å². The molecule has 1 N–H and O–H groups in total. The van der Waals surface area contributed by atoms with Gasteiger partial charge in [-0.3, -0.25) is 14.9 Å². The van der Waals surface area contributed by atoms with E-state index in [-0.39, 0.29) is 18.0 Å². The molecule has 0 spiro atoms. The highest BCUT2D eigenvalue weighted by Crippen LogP contribution is 2.48. The third-order valence-electron chi connectivity index (χ3n) is 3.76. The van der Waals surface area contributed by atoms with Gasteiger partial charge in [-0.1, -0.05) is 11.6 Å². The fourth-order valence-corrected chi connectivity index (χ4v) is 2.58. The van der Waals surface area contributed by atoms with Crippen LogP contribution < -0.4 is 0 Å². The topological polar surface area (TPSA) is 80.4 Å². The zero-order valence-electron chi connectivity index (χ0n) is 10.4. The first-order valence-corrected chi connectivity index (χ1v) is 6.38. The van der Waals surface area contributed by atoms with Gasteiger partial charge in [-0.25, -0.2) is 0 Å². The Labute approximate surface area is 115 Å². The van der Waals surface area contributed by atoms with Gasteiger partial charge in [0.25, 0.3) is 5.69 Å². The van der Waals surface area contributed by atoms with Crippen LogP contribution in [0.25, 0.3) is 0 Å². The van der Waals surface area contributed by atoms with Gasteiger partial charge in [0.15, 0.2) is 0 Å². The molecule has 1 saturated carbocycles. The van der Waals surface area contributed by atoms with Gasteiger partial charge in [0.05, 0.1) is 10.3 Å². The molecule has 1 atom stereocenters. The van der Waals surface area contributed by atoms with Crippen molar-refractivity contribution in [3.05, 3.63) is 38.9 Å². The molecule has 1 aliphatic carbocycles. The van der Waals surface area contributed by atoms with Crippen molar-refractivity contribution in [2.75, 3.05) is 0 Å². The van der Waals surface area contributed by atoms with Crippen LogP contribution in [0.4, 0.5) is 5.69 Å². The molecule has 0 amide bonds. The smallest absolute Gasteiger partial charge is 0.309 e. The molecule has 0 radical (unpaired) electrons. The van der Waals surface area contributed by atoms with E-state index in [0.717, 1.165) is 12.8 Å². The van der Waals surface area contributed by atoms with Gasteiger partial charge in [0.1, 0.15) is 0 Å². The molecule has 1 aliphatic rings. The molecule has 0 heterocycles. The Morgan fingerprint density at radius 3 is 2.68 bits per heavy atom. The van der Waals surface area contributed by atoms with Crippen molar-refractivity contribution in [1.82, 2.24) is 0 Å². The lowest BCUT2D eigenvalue weighted by Gasteiger charge is -2.24. The highest BCUT2D eigenvalue weighted by molar-refractivity contribution is 6.30. The minimum Gasteiger partial charge on any atom is -0.481 e. The van der Waals surface area contributed by atoms with E-state index >= 15 is 0 Å². The monoisotopic (exact) mass is 283 g/mol. The molecular weight excluding hydrogens is 270 g/mol. The third-order valence-corrected chi connectivity index (χ3v) is 4.00. The van der Waals surface area contributed by atoms with E-state index in [0.29, 0.717) is 10.6 Å². The Morgan fingerprint density at radius 1 is 1.58 bits per heavy atom. The number of hydrogen-bond donors (Lipinski definition) is 1. The zero-order chi connectivity index (χ0) is 14.2. The number of nitrogens with zero attached hydrogens (tertiary/aromatic N) is 1. The summed E-state index contributed by atoms with van der Waals surface area (Å²) >= 11 is 5.86. The lowest BCUT2D eigenvalue weighted by Crippen LogP contribution is -2.32. The summed E-state index contributed by atoms with van der Waals surface area (Å²) < 4.78 is 0. The number of carbonyl (C=O) groups is 1. The van der Waals surface area contributed by atoms with Crippen LogP contribution in [0.5, 0.6) is 0 Å². The van der Waals surface area contributed by atoms with Gasteiger partial charge in [-0.05, 0) is 44.2 Å². The van der Waals surface area contributed by atoms with Gasteiger partial charge in [-0.2, -0.15) is 0 Å². The van der Waals surface area contributed by atoms with Crippen molar-refractivity contribution in [2.45, 2.75) is 26.2 Å². The van der Waals surface area contributed by atoms with Crippen molar-refractivity contribution < 1.29 is 14.8 Å². The van der Waals surface area contributed by atoms with Crippen LogP contribution in [0.15, 0.2) is 18.2 Å². The van der Waals surface area contributed by atoms with Gasteiger partial charge < -0.3 is 5.11 Å². The Balaban J connectivity index is 2.38. The summed E-state index contributed by atoms with van der Waals surface area (Å²) in [6, 6.07) is 4.26. The molecule has 1 aromatic carbocycles. The lowest BCUT2D eigenvalue weighted by molar-refractivity contribution is -0.385. The number of hydrogen-bond acceptors (Lipinski definition) is 3. The van der Waals surface area contributed by atoms with Crippen molar-refractivity contribution >= 4 is 23.3 Å². The molecule has 6 heteroatoms. The summed E-state index contributed by atoms with van der Waals surface area (Å²) in [4.78, 5) is 22.0. The number of nitro groups is 1. The van der Waals surface area contributed by atoms with Gasteiger partial charge in [0, 0.05) is 16.7 Å². The van der Waals surface area contributed by atoms with Crippen LogP contribution >= 0.6 is 11.6 Å². The number of benzene rings is 1. The normalized spacial score (nSPS) is 17.8. The van der Waals surface area contributed by atoms with E-state index < -0.39 is 16.3 Å². The maximum absolute atomic E-state index is 11.5. The molecule has 0 saturated heterocycles. The number of aliphatic carboxylic acids is 1. The summed E-state index contributed by atoms with van der Waals surface area (Å²) in [5.74, 6) is -0.826. The summed E-state index contributed by atoms with van der Waals surface area (Å²) in [6.45, 7) is 1.65. The molecule has 0 aliphatic heterocycles. The fourth-order valence-electron chi connectivity index (χ4n) is 2.38. The molecule has 0 bridgehead atoms. The molecule has 19 heavy (non-hydrogen) atoms. The molecule has 1 fully saturated rings. The van der Waals surface area contributed by atoms with E-state index in [2.05, 4.69) is 0 Å². The number of carboxylic acid groups (broad SMARTS) is 1. The van der Waals surface area contributed by atoms with Crippen molar-refractivity contribution in [2.24, 2.45) is 11.3 Å². The van der Waals surface area contributed by atoms with Crippen molar-refractivity contribution in [3.8, 4) is 0 Å². The zero-order valence-corrected chi connectivity index (χ0v) is 11.2. The second kappa shape index (κ2) is 4.81. The summed E-state index contributed by atoms with van der Waals surface area (Å²) in [6.07, 6.45) is 1.85. The quantitative estimate of drug-likeness (QED) is 0.664. The van der Waals surface area contributed by atoms with Crippen LogP contribution in [0.3, 0.4) is 0 Å². The first kappa shape index (κ1) is 13.8. The molecule has 102 valence electrons. The van der Waals surface area contributed by atoms with E-state index in [4.69, 9.17) is 11.6 Å². The maximum Gasteiger partial charge on any atom is 0.309 e. The number of carboxylic acids is 1. The Bertz CT molecular complexity index is 541. The molecular formula is C13H14ClNO4. The predicted octanol–water partition coefficient (Wildman–Crippen LogP) is 3.29. The fraction of sp³-hybridized carbons (Fsp3) is 0.462. The predicted molar refractivity (Wildman–Crippen MR) is 70.3 cm³/mol. The molecule has 5 nitrogen and oxygen atoms in total. The van der Waals surface area contributed by atoms with Crippen LogP contribution in [0.2, 0.25) is 5.02 Å². The highest BCUT2D eigenvalue weighted by Gasteiger charge is 2.48. The average molecular weight is 284 g/mol. The first-order chi connectivity index (χ1) is 8.84. The van der Waals surface area contributed by atoms with E-state index in [9.17, 15) is 20.0 Å². The minimum absolute atomic E-state index is 0.0717. The molecule has 1 aromatic rings. The molecule has 2 rings (SSSR count). The minimum atomic E-state index is -0.963. The Hall–Kier alpha value is -1.62. The highest BCUT2D eigenvalue weighted by atomic mass is 35.5. The summed E-state index contributed by atoms with van der Waals surface area (Å²) in [7, 11) is 0. The first-order valence-electron chi connectivity index (χ1n) is 6.01.